The van der Waals surface area contributed by atoms with Crippen LogP contribution in [-0.4, -0.2) is 5.11 Å². The molecule has 0 aliphatic carbocycles. The summed E-state index contributed by atoms with van der Waals surface area (Å²) in [6, 6.07) is 6.67. The zero-order valence-electron chi connectivity index (χ0n) is 6.20. The van der Waals surface area contributed by atoms with E-state index in [0.29, 0.717) is 0 Å². The fraction of sp³-hybridized carbons (Fsp3) is 0. The minimum Gasteiger partial charge on any atom is -1.00 e. The van der Waals surface area contributed by atoms with Gasteiger partial charge in [0.1, 0.15) is 5.75 Å². The Balaban J connectivity index is 0. The molecule has 0 atom stereocenters. The van der Waals surface area contributed by atoms with E-state index in [1.807, 2.05) is 0 Å². The maximum Gasteiger partial charge on any atom is 1.00 e. The second-order valence-corrected chi connectivity index (χ2v) is 2.03. The molecule has 1 N–H and O–H groups in total. The van der Waals surface area contributed by atoms with Crippen molar-refractivity contribution in [3.05, 3.63) is 24.3 Å². The van der Waals surface area contributed by atoms with Crippen LogP contribution in [0.5, 0.6) is 5.75 Å². The van der Waals surface area contributed by atoms with Crippen LogP contribution in [0.1, 0.15) is 1.43 Å². The molecule has 9 heavy (non-hydrogen) atoms. The molecule has 0 unspecified atom stereocenters. The van der Waals surface area contributed by atoms with E-state index in [-0.39, 0.29) is 26.0 Å². The van der Waals surface area contributed by atoms with Crippen molar-refractivity contribution in [3.8, 4) is 5.75 Å². The Labute approximate surface area is 73.2 Å². The summed E-state index contributed by atoms with van der Waals surface area (Å²) in [6.07, 6.45) is 0. The Bertz CT molecular complexity index is 157. The summed E-state index contributed by atoms with van der Waals surface area (Å²) < 4.78 is 0. The first-order valence-electron chi connectivity index (χ1n) is 2.27. The number of aromatic hydroxyl groups is 1. The maximum atomic E-state index is 8.72. The van der Waals surface area contributed by atoms with Crippen LogP contribution in [0.3, 0.4) is 0 Å². The Morgan fingerprint density at radius 2 is 1.67 bits per heavy atom. The van der Waals surface area contributed by atoms with Crippen LogP contribution in [0.2, 0.25) is 0 Å². The number of phenolic OH excluding ortho intramolecular Hbond substituents is 1. The molecule has 0 saturated carbocycles. The van der Waals surface area contributed by atoms with Gasteiger partial charge in [0, 0.05) is 4.90 Å². The molecule has 1 aromatic rings. The molecule has 0 saturated heterocycles. The summed E-state index contributed by atoms with van der Waals surface area (Å²) in [6.45, 7) is 0. The molecule has 0 bridgehead atoms. The summed E-state index contributed by atoms with van der Waals surface area (Å²) in [7, 11) is 0. The molecule has 0 heterocycles. The van der Waals surface area contributed by atoms with Crippen LogP contribution >= 0.6 is 12.6 Å². The Kier molecular flexibility index (Phi) is 3.88. The standard InChI is InChI=1S/C6H6OS.Li.H/c7-5-1-3-6(8)4-2-5;;/h1-4,7-8H;;/q;+1;-1. The van der Waals surface area contributed by atoms with Gasteiger partial charge in [0.15, 0.2) is 0 Å². The molecule has 0 aliphatic heterocycles. The van der Waals surface area contributed by atoms with Gasteiger partial charge < -0.3 is 6.53 Å². The molecule has 44 valence electrons. The van der Waals surface area contributed by atoms with Gasteiger partial charge in [0.25, 0.3) is 0 Å². The van der Waals surface area contributed by atoms with E-state index < -0.39 is 0 Å². The Morgan fingerprint density at radius 1 is 1.22 bits per heavy atom. The summed E-state index contributed by atoms with van der Waals surface area (Å²) in [5.41, 5.74) is 0. The van der Waals surface area contributed by atoms with E-state index in [1.54, 1.807) is 24.3 Å². The van der Waals surface area contributed by atoms with Gasteiger partial charge >= 0.3 is 18.9 Å². The fourth-order valence-corrected chi connectivity index (χ4v) is 0.602. The molecule has 0 amide bonds. The van der Waals surface area contributed by atoms with Gasteiger partial charge in [-0.05, 0) is 24.3 Å². The largest absolute Gasteiger partial charge is 1.00 e. The van der Waals surface area contributed by atoms with E-state index in [9.17, 15) is 0 Å². The number of phenols is 1. The normalized spacial score (nSPS) is 8.11. The predicted molar refractivity (Wildman–Crippen MR) is 36.5 cm³/mol. The van der Waals surface area contributed by atoms with Gasteiger partial charge in [-0.15, -0.1) is 12.6 Å². The second kappa shape index (κ2) is 3.89. The molecule has 1 rings (SSSR count). The molecule has 0 aliphatic rings. The van der Waals surface area contributed by atoms with E-state index >= 15 is 0 Å². The summed E-state index contributed by atoms with van der Waals surface area (Å²) in [4.78, 5) is 0.864. The number of benzene rings is 1. The molecule has 0 fully saturated rings. The van der Waals surface area contributed by atoms with Gasteiger partial charge in [-0.25, -0.2) is 0 Å². The molecular formula is C6H7LiOS. The molecule has 0 aromatic heterocycles. The third-order valence-corrected chi connectivity index (χ3v) is 1.15. The number of hydrogen-bond acceptors (Lipinski definition) is 2. The van der Waals surface area contributed by atoms with E-state index in [2.05, 4.69) is 12.6 Å². The number of rotatable bonds is 0. The third kappa shape index (κ3) is 2.86. The third-order valence-electron chi connectivity index (χ3n) is 0.850. The molecular weight excluding hydrogens is 127 g/mol. The van der Waals surface area contributed by atoms with Crippen molar-refractivity contribution in [1.82, 2.24) is 0 Å². The van der Waals surface area contributed by atoms with Crippen LogP contribution in [0.25, 0.3) is 0 Å². The summed E-state index contributed by atoms with van der Waals surface area (Å²) in [5.74, 6) is 0.280. The average Bonchev–Trinajstić information content (AvgIpc) is 1.77. The summed E-state index contributed by atoms with van der Waals surface area (Å²) in [5, 5.41) is 8.72. The number of hydrogen-bond donors (Lipinski definition) is 2. The smallest absolute Gasteiger partial charge is 1.00 e. The zero-order valence-corrected chi connectivity index (χ0v) is 6.10. The van der Waals surface area contributed by atoms with Crippen molar-refractivity contribution in [3.63, 3.8) is 0 Å². The SMILES string of the molecule is Oc1ccc(S)cc1.[H-].[Li+]. The minimum atomic E-state index is 0. The fourth-order valence-electron chi connectivity index (χ4n) is 0.453. The minimum absolute atomic E-state index is 0. The van der Waals surface area contributed by atoms with E-state index in [4.69, 9.17) is 5.11 Å². The monoisotopic (exact) mass is 134 g/mol. The van der Waals surface area contributed by atoms with Crippen molar-refractivity contribution in [2.45, 2.75) is 4.90 Å². The second-order valence-electron chi connectivity index (χ2n) is 1.52. The van der Waals surface area contributed by atoms with Gasteiger partial charge in [0.2, 0.25) is 0 Å². The van der Waals surface area contributed by atoms with Crippen LogP contribution in [-0.2, 0) is 0 Å². The molecule has 0 spiro atoms. The van der Waals surface area contributed by atoms with Gasteiger partial charge in [0.05, 0.1) is 0 Å². The average molecular weight is 134 g/mol. The van der Waals surface area contributed by atoms with Crippen molar-refractivity contribution in [1.29, 1.82) is 0 Å². The first kappa shape index (κ1) is 8.97. The Morgan fingerprint density at radius 3 is 2.00 bits per heavy atom. The van der Waals surface area contributed by atoms with Crippen molar-refractivity contribution < 1.29 is 25.4 Å². The summed E-state index contributed by atoms with van der Waals surface area (Å²) >= 11 is 4.02. The molecule has 3 heteroatoms. The molecule has 0 radical (unpaired) electrons. The van der Waals surface area contributed by atoms with Gasteiger partial charge in [-0.2, -0.15) is 0 Å². The first-order valence-corrected chi connectivity index (χ1v) is 2.72. The zero-order chi connectivity index (χ0) is 5.98. The van der Waals surface area contributed by atoms with Crippen LogP contribution < -0.4 is 18.9 Å². The van der Waals surface area contributed by atoms with Crippen molar-refractivity contribution >= 4 is 12.6 Å². The van der Waals surface area contributed by atoms with Crippen molar-refractivity contribution in [2.75, 3.05) is 0 Å². The van der Waals surface area contributed by atoms with Crippen molar-refractivity contribution in [2.24, 2.45) is 0 Å². The topological polar surface area (TPSA) is 20.2 Å². The van der Waals surface area contributed by atoms with Crippen LogP contribution in [0, 0.1) is 0 Å². The first-order chi connectivity index (χ1) is 3.79. The van der Waals surface area contributed by atoms with Gasteiger partial charge in [-0.1, -0.05) is 0 Å². The van der Waals surface area contributed by atoms with E-state index in [1.165, 1.54) is 0 Å². The maximum absolute atomic E-state index is 8.72. The molecule has 1 aromatic carbocycles. The molecule has 1 nitrogen and oxygen atoms in total. The quantitative estimate of drug-likeness (QED) is 0.337. The van der Waals surface area contributed by atoms with Gasteiger partial charge in [-0.3, -0.25) is 0 Å². The van der Waals surface area contributed by atoms with Crippen LogP contribution in [0.15, 0.2) is 29.2 Å². The van der Waals surface area contributed by atoms with E-state index in [0.717, 1.165) is 4.90 Å². The predicted octanol–water partition coefficient (Wildman–Crippen LogP) is -1.20. The number of thiol groups is 1. The van der Waals surface area contributed by atoms with Crippen LogP contribution in [0.4, 0.5) is 0 Å². The Hall–Kier alpha value is -0.0326.